The van der Waals surface area contributed by atoms with Gasteiger partial charge in [-0.15, -0.1) is 0 Å². The van der Waals surface area contributed by atoms with Crippen molar-refractivity contribution >= 4 is 24.0 Å². The van der Waals surface area contributed by atoms with Crippen LogP contribution in [0.2, 0.25) is 5.02 Å². The molecule has 0 amide bonds. The summed E-state index contributed by atoms with van der Waals surface area (Å²) in [7, 11) is 0. The minimum absolute atomic E-state index is 0.00824. The SMILES string of the molecule is CCOc1ccc(Cc2cc(B3O[C@@H]4[C@H]5CO[C@@]6(CO5)OC3[C@@H]46)ccc2Cl)cc1. The van der Waals surface area contributed by atoms with E-state index in [1.807, 2.05) is 31.2 Å². The van der Waals surface area contributed by atoms with Gasteiger partial charge in [0, 0.05) is 5.02 Å². The van der Waals surface area contributed by atoms with Gasteiger partial charge in [0.25, 0.3) is 0 Å². The molecule has 0 radical (unpaired) electrons. The highest BCUT2D eigenvalue weighted by Gasteiger charge is 2.74. The van der Waals surface area contributed by atoms with Crippen LogP contribution in [0.4, 0.5) is 0 Å². The fraction of sp³-hybridized carbons (Fsp3) is 0.455. The van der Waals surface area contributed by atoms with Gasteiger partial charge in [0.2, 0.25) is 0 Å². The van der Waals surface area contributed by atoms with Gasteiger partial charge in [-0.2, -0.15) is 0 Å². The molecule has 5 fully saturated rings. The highest BCUT2D eigenvalue weighted by molar-refractivity contribution is 6.69. The van der Waals surface area contributed by atoms with Crippen molar-refractivity contribution in [3.63, 3.8) is 0 Å². The van der Waals surface area contributed by atoms with Crippen LogP contribution in [0.1, 0.15) is 18.1 Å². The van der Waals surface area contributed by atoms with Crippen LogP contribution < -0.4 is 10.2 Å². The van der Waals surface area contributed by atoms with E-state index in [-0.39, 0.29) is 31.0 Å². The molecule has 2 aromatic rings. The first-order chi connectivity index (χ1) is 14.2. The van der Waals surface area contributed by atoms with Crippen molar-refractivity contribution in [1.82, 2.24) is 0 Å². The molecule has 5 saturated heterocycles. The summed E-state index contributed by atoms with van der Waals surface area (Å²) in [5.74, 6) is 0.551. The molecule has 7 heteroatoms. The van der Waals surface area contributed by atoms with Crippen molar-refractivity contribution < 1.29 is 23.6 Å². The molecular formula is C22H22BClO5. The van der Waals surface area contributed by atoms with Gasteiger partial charge in [-0.05, 0) is 48.1 Å². The molecule has 5 aliphatic rings. The molecule has 5 aliphatic heterocycles. The predicted molar refractivity (Wildman–Crippen MR) is 109 cm³/mol. The van der Waals surface area contributed by atoms with E-state index in [4.69, 9.17) is 35.2 Å². The van der Waals surface area contributed by atoms with Crippen molar-refractivity contribution in [3.05, 3.63) is 58.6 Å². The van der Waals surface area contributed by atoms with Crippen LogP contribution in [0.15, 0.2) is 42.5 Å². The topological polar surface area (TPSA) is 46.2 Å². The van der Waals surface area contributed by atoms with Gasteiger partial charge in [-0.3, -0.25) is 0 Å². The molecule has 0 aromatic heterocycles. The smallest absolute Gasteiger partial charge is 0.357 e. The molecule has 29 heavy (non-hydrogen) atoms. The third-order valence-electron chi connectivity index (χ3n) is 6.54. The molecule has 5 atom stereocenters. The van der Waals surface area contributed by atoms with Gasteiger partial charge in [0.15, 0.2) is 5.79 Å². The van der Waals surface area contributed by atoms with Crippen molar-refractivity contribution in [2.45, 2.75) is 37.3 Å². The lowest BCUT2D eigenvalue weighted by Crippen LogP contribution is -2.75. The summed E-state index contributed by atoms with van der Waals surface area (Å²) in [6, 6.07) is 14.3. The predicted octanol–water partition coefficient (Wildman–Crippen LogP) is 2.61. The van der Waals surface area contributed by atoms with Gasteiger partial charge in [-0.25, -0.2) is 0 Å². The minimum atomic E-state index is -0.587. The van der Waals surface area contributed by atoms with E-state index < -0.39 is 5.79 Å². The minimum Gasteiger partial charge on any atom is -0.494 e. The van der Waals surface area contributed by atoms with E-state index in [1.54, 1.807) is 0 Å². The average molecular weight is 413 g/mol. The van der Waals surface area contributed by atoms with E-state index in [9.17, 15) is 0 Å². The second-order valence-corrected chi connectivity index (χ2v) is 8.61. The van der Waals surface area contributed by atoms with E-state index in [2.05, 4.69) is 18.2 Å². The van der Waals surface area contributed by atoms with Crippen LogP contribution in [0, 0.1) is 5.92 Å². The summed E-state index contributed by atoms with van der Waals surface area (Å²) >= 11 is 6.52. The molecule has 5 heterocycles. The highest BCUT2D eigenvalue weighted by Crippen LogP contribution is 2.55. The second-order valence-electron chi connectivity index (χ2n) is 8.21. The van der Waals surface area contributed by atoms with Gasteiger partial charge in [-0.1, -0.05) is 35.9 Å². The molecular weight excluding hydrogens is 391 g/mol. The van der Waals surface area contributed by atoms with E-state index in [0.29, 0.717) is 19.8 Å². The number of hydrogen-bond donors (Lipinski definition) is 0. The molecule has 7 rings (SSSR count). The fourth-order valence-electron chi connectivity index (χ4n) is 5.15. The lowest BCUT2D eigenvalue weighted by molar-refractivity contribution is -0.446. The monoisotopic (exact) mass is 412 g/mol. The summed E-state index contributed by atoms with van der Waals surface area (Å²) in [6.45, 7) is 3.59. The van der Waals surface area contributed by atoms with Crippen molar-refractivity contribution in [3.8, 4) is 5.75 Å². The Kier molecular flexibility index (Phi) is 4.22. The van der Waals surface area contributed by atoms with Crippen LogP contribution in [0.25, 0.3) is 0 Å². The fourth-order valence-corrected chi connectivity index (χ4v) is 5.33. The molecule has 5 nitrogen and oxygen atoms in total. The first-order valence-corrected chi connectivity index (χ1v) is 10.6. The molecule has 0 N–H and O–H groups in total. The van der Waals surface area contributed by atoms with Crippen LogP contribution in [-0.2, 0) is 25.3 Å². The largest absolute Gasteiger partial charge is 0.494 e. The molecule has 0 aliphatic carbocycles. The Labute approximate surface area is 175 Å². The Bertz CT molecular complexity index is 927. The zero-order valence-electron chi connectivity index (χ0n) is 16.2. The standard InChI is InChI=1S/C22H22BClO5/c1-2-25-16-6-3-13(4-7-16)9-14-10-15(5-8-17(14)24)23-21-19-20(29-23)18-11-27-22(19,28-21)12-26-18/h3-8,10,18-21H,2,9,11-12H2,1H3/t18-,19-,20-,21?,22+/m1/s1. The molecule has 1 spiro atoms. The zero-order valence-corrected chi connectivity index (χ0v) is 16.9. The molecule has 2 aromatic carbocycles. The van der Waals surface area contributed by atoms with Crippen LogP contribution in [-0.4, -0.2) is 50.7 Å². The maximum Gasteiger partial charge on any atom is 0.357 e. The van der Waals surface area contributed by atoms with Crippen molar-refractivity contribution in [2.75, 3.05) is 19.8 Å². The third kappa shape index (κ3) is 2.77. The summed E-state index contributed by atoms with van der Waals surface area (Å²) in [4.78, 5) is 0. The Balaban J connectivity index is 1.24. The lowest BCUT2D eigenvalue weighted by Gasteiger charge is -2.60. The van der Waals surface area contributed by atoms with Crippen molar-refractivity contribution in [2.24, 2.45) is 5.92 Å². The zero-order chi connectivity index (χ0) is 19.6. The number of fused-ring (bicyclic) bond motifs is 2. The van der Waals surface area contributed by atoms with Crippen LogP contribution in [0.3, 0.4) is 0 Å². The number of ether oxygens (including phenoxy) is 4. The normalized spacial score (nSPS) is 34.1. The second kappa shape index (κ2) is 6.72. The Hall–Kier alpha value is -1.57. The maximum atomic E-state index is 6.52. The molecule has 150 valence electrons. The molecule has 1 unspecified atom stereocenters. The Morgan fingerprint density at radius 2 is 2.07 bits per heavy atom. The number of rotatable bonds is 5. The maximum absolute atomic E-state index is 6.52. The van der Waals surface area contributed by atoms with Crippen LogP contribution >= 0.6 is 11.6 Å². The lowest BCUT2D eigenvalue weighted by atomic mass is 9.51. The highest BCUT2D eigenvalue weighted by atomic mass is 35.5. The Morgan fingerprint density at radius 1 is 1.21 bits per heavy atom. The van der Waals surface area contributed by atoms with Gasteiger partial charge < -0.3 is 23.6 Å². The first kappa shape index (κ1) is 18.2. The summed E-state index contributed by atoms with van der Waals surface area (Å²) in [6.07, 6.45) is 0.809. The molecule has 0 saturated carbocycles. The summed E-state index contributed by atoms with van der Waals surface area (Å²) in [5, 5.41) is 0.760. The van der Waals surface area contributed by atoms with Gasteiger partial charge in [0.05, 0.1) is 31.2 Å². The first-order valence-electron chi connectivity index (χ1n) is 10.3. The number of benzene rings is 2. The number of halogens is 1. The molecule has 2 bridgehead atoms. The average Bonchev–Trinajstić information content (AvgIpc) is 3.12. The number of hydrogen-bond acceptors (Lipinski definition) is 5. The summed E-state index contributed by atoms with van der Waals surface area (Å²) in [5.41, 5.74) is 3.37. The quantitative estimate of drug-likeness (QED) is 0.707. The van der Waals surface area contributed by atoms with E-state index >= 15 is 0 Å². The van der Waals surface area contributed by atoms with E-state index in [1.165, 1.54) is 5.56 Å². The van der Waals surface area contributed by atoms with Crippen molar-refractivity contribution in [1.29, 1.82) is 0 Å². The van der Waals surface area contributed by atoms with Crippen LogP contribution in [0.5, 0.6) is 5.75 Å². The van der Waals surface area contributed by atoms with E-state index in [0.717, 1.165) is 28.2 Å². The Morgan fingerprint density at radius 3 is 2.79 bits per heavy atom. The summed E-state index contributed by atoms with van der Waals surface area (Å²) < 4.78 is 29.9. The van der Waals surface area contributed by atoms with Gasteiger partial charge in [0.1, 0.15) is 18.5 Å². The van der Waals surface area contributed by atoms with Gasteiger partial charge >= 0.3 is 6.92 Å². The third-order valence-corrected chi connectivity index (χ3v) is 6.91.